The maximum Gasteiger partial charge on any atom is 0.314 e. The van der Waals surface area contributed by atoms with Gasteiger partial charge in [-0.15, -0.1) is 0 Å². The average Bonchev–Trinajstić information content (AvgIpc) is 2.64. The van der Waals surface area contributed by atoms with Gasteiger partial charge >= 0.3 is 5.97 Å². The molecule has 1 amide bonds. The molecular weight excluding hydrogens is 321 g/mol. The first-order valence-electron chi connectivity index (χ1n) is 8.28. The number of piperidine rings is 1. The zero-order chi connectivity index (χ0) is 18.0. The molecule has 5 heteroatoms. The second kappa shape index (κ2) is 6.67. The highest BCUT2D eigenvalue weighted by Crippen LogP contribution is 2.36. The third-order valence-electron chi connectivity index (χ3n) is 4.99. The van der Waals surface area contributed by atoms with E-state index >= 15 is 0 Å². The number of nitrogens with zero attached hydrogens (tertiary/aromatic N) is 1. The molecule has 0 saturated carbocycles. The molecule has 1 aliphatic heterocycles. The largest absolute Gasteiger partial charge is 0.481 e. The number of likely N-dealkylation sites (tertiary alicyclic amines) is 1. The fourth-order valence-corrected chi connectivity index (χ4v) is 3.45. The first-order chi connectivity index (χ1) is 11.9. The summed E-state index contributed by atoms with van der Waals surface area (Å²) in [6.45, 7) is 2.37. The van der Waals surface area contributed by atoms with Gasteiger partial charge in [-0.05, 0) is 37.5 Å². The minimum atomic E-state index is -0.997. The van der Waals surface area contributed by atoms with Crippen LogP contribution in [0.5, 0.6) is 0 Å². The van der Waals surface area contributed by atoms with Crippen LogP contribution in [0.2, 0.25) is 0 Å². The van der Waals surface area contributed by atoms with Crippen molar-refractivity contribution in [3.8, 4) is 0 Å². The van der Waals surface area contributed by atoms with Gasteiger partial charge in [-0.2, -0.15) is 0 Å². The van der Waals surface area contributed by atoms with E-state index in [1.807, 2.05) is 30.3 Å². The highest BCUT2D eigenvalue weighted by atomic mass is 19.1. The van der Waals surface area contributed by atoms with Crippen molar-refractivity contribution in [2.75, 3.05) is 13.1 Å². The van der Waals surface area contributed by atoms with Crippen molar-refractivity contribution in [3.05, 3.63) is 71.0 Å². The van der Waals surface area contributed by atoms with Crippen LogP contribution in [-0.2, 0) is 10.2 Å². The molecule has 2 aromatic rings. The smallest absolute Gasteiger partial charge is 0.314 e. The minimum absolute atomic E-state index is 0.0440. The number of carboxylic acids is 1. The van der Waals surface area contributed by atoms with E-state index in [1.165, 1.54) is 12.1 Å². The number of carbonyl (C=O) groups excluding carboxylic acids is 1. The number of aryl methyl sites for hydroxylation is 1. The van der Waals surface area contributed by atoms with Crippen LogP contribution in [0, 0.1) is 12.7 Å². The van der Waals surface area contributed by atoms with E-state index in [4.69, 9.17) is 0 Å². The summed E-state index contributed by atoms with van der Waals surface area (Å²) in [5, 5.41) is 9.80. The molecule has 3 rings (SSSR count). The first-order valence-corrected chi connectivity index (χ1v) is 8.28. The Morgan fingerprint density at radius 3 is 2.32 bits per heavy atom. The van der Waals surface area contributed by atoms with Crippen molar-refractivity contribution in [2.24, 2.45) is 0 Å². The average molecular weight is 341 g/mol. The summed E-state index contributed by atoms with van der Waals surface area (Å²) in [7, 11) is 0. The molecule has 25 heavy (non-hydrogen) atoms. The molecule has 0 aromatic heterocycles. The molecule has 130 valence electrons. The van der Waals surface area contributed by atoms with E-state index in [9.17, 15) is 19.1 Å². The van der Waals surface area contributed by atoms with Gasteiger partial charge in [-0.25, -0.2) is 4.39 Å². The van der Waals surface area contributed by atoms with E-state index in [1.54, 1.807) is 17.9 Å². The van der Waals surface area contributed by atoms with Crippen molar-refractivity contribution in [3.63, 3.8) is 0 Å². The maximum atomic E-state index is 14.0. The molecule has 0 atom stereocenters. The lowest BCUT2D eigenvalue weighted by molar-refractivity contribution is -0.145. The van der Waals surface area contributed by atoms with Crippen LogP contribution < -0.4 is 0 Å². The lowest BCUT2D eigenvalue weighted by atomic mass is 9.72. The van der Waals surface area contributed by atoms with Crippen LogP contribution in [0.25, 0.3) is 0 Å². The standard InChI is InChI=1S/C20H20FNO3/c1-14-7-8-17(21)16(13-14)18(23)22-11-9-20(10-12-22,19(24)25)15-5-3-2-4-6-15/h2-8,13H,9-12H2,1H3,(H,24,25). The van der Waals surface area contributed by atoms with Gasteiger partial charge in [0.2, 0.25) is 0 Å². The van der Waals surface area contributed by atoms with E-state index in [2.05, 4.69) is 0 Å². The molecule has 1 saturated heterocycles. The Morgan fingerprint density at radius 2 is 1.72 bits per heavy atom. The Bertz CT molecular complexity index is 796. The van der Waals surface area contributed by atoms with Gasteiger partial charge in [0.1, 0.15) is 5.82 Å². The predicted molar refractivity (Wildman–Crippen MR) is 92.0 cm³/mol. The van der Waals surface area contributed by atoms with E-state index in [0.29, 0.717) is 12.8 Å². The zero-order valence-electron chi connectivity index (χ0n) is 14.0. The highest BCUT2D eigenvalue weighted by molar-refractivity contribution is 5.95. The summed E-state index contributed by atoms with van der Waals surface area (Å²) in [4.78, 5) is 26.1. The molecule has 0 radical (unpaired) electrons. The van der Waals surface area contributed by atoms with Crippen LogP contribution in [0.4, 0.5) is 4.39 Å². The molecular formula is C20H20FNO3. The summed E-state index contributed by atoms with van der Waals surface area (Å²) in [6, 6.07) is 13.5. The topological polar surface area (TPSA) is 57.6 Å². The van der Waals surface area contributed by atoms with E-state index < -0.39 is 17.2 Å². The van der Waals surface area contributed by atoms with Gasteiger partial charge in [-0.3, -0.25) is 9.59 Å². The SMILES string of the molecule is Cc1ccc(F)c(C(=O)N2CCC(C(=O)O)(c3ccccc3)CC2)c1. The lowest BCUT2D eigenvalue weighted by Gasteiger charge is -2.39. The molecule has 1 aliphatic rings. The summed E-state index contributed by atoms with van der Waals surface area (Å²) < 4.78 is 14.0. The molecule has 1 heterocycles. The minimum Gasteiger partial charge on any atom is -0.481 e. The molecule has 0 aliphatic carbocycles. The van der Waals surface area contributed by atoms with Gasteiger partial charge in [-0.1, -0.05) is 42.0 Å². The Hall–Kier alpha value is -2.69. The third kappa shape index (κ3) is 3.14. The summed E-state index contributed by atoms with van der Waals surface area (Å²) >= 11 is 0. The van der Waals surface area contributed by atoms with Crippen molar-refractivity contribution >= 4 is 11.9 Å². The predicted octanol–water partition coefficient (Wildman–Crippen LogP) is 3.39. The monoisotopic (exact) mass is 341 g/mol. The van der Waals surface area contributed by atoms with Crippen molar-refractivity contribution < 1.29 is 19.1 Å². The Morgan fingerprint density at radius 1 is 1.08 bits per heavy atom. The van der Waals surface area contributed by atoms with Crippen molar-refractivity contribution in [2.45, 2.75) is 25.2 Å². The fourth-order valence-electron chi connectivity index (χ4n) is 3.45. The Balaban J connectivity index is 1.82. The normalized spacial score (nSPS) is 16.5. The Kier molecular flexibility index (Phi) is 4.57. The third-order valence-corrected chi connectivity index (χ3v) is 4.99. The van der Waals surface area contributed by atoms with E-state index in [-0.39, 0.29) is 24.6 Å². The van der Waals surface area contributed by atoms with Crippen LogP contribution in [0.15, 0.2) is 48.5 Å². The van der Waals surface area contributed by atoms with Crippen LogP contribution >= 0.6 is 0 Å². The quantitative estimate of drug-likeness (QED) is 0.931. The molecule has 0 spiro atoms. The maximum absolute atomic E-state index is 14.0. The molecule has 0 unspecified atom stereocenters. The van der Waals surface area contributed by atoms with Crippen LogP contribution in [-0.4, -0.2) is 35.0 Å². The number of benzene rings is 2. The summed E-state index contributed by atoms with van der Waals surface area (Å²) in [5.74, 6) is -1.81. The number of hydrogen-bond acceptors (Lipinski definition) is 2. The fraction of sp³-hybridized carbons (Fsp3) is 0.300. The summed E-state index contributed by atoms with van der Waals surface area (Å²) in [6.07, 6.45) is 0.622. The first kappa shape index (κ1) is 17.1. The molecule has 0 bridgehead atoms. The molecule has 2 aromatic carbocycles. The number of aliphatic carboxylic acids is 1. The van der Waals surface area contributed by atoms with Crippen molar-refractivity contribution in [1.29, 1.82) is 0 Å². The number of amides is 1. The lowest BCUT2D eigenvalue weighted by Crippen LogP contribution is -2.49. The van der Waals surface area contributed by atoms with Crippen molar-refractivity contribution in [1.82, 2.24) is 4.90 Å². The molecule has 4 nitrogen and oxygen atoms in total. The highest BCUT2D eigenvalue weighted by Gasteiger charge is 2.44. The van der Waals surface area contributed by atoms with E-state index in [0.717, 1.165) is 11.1 Å². The van der Waals surface area contributed by atoms with Crippen LogP contribution in [0.1, 0.15) is 34.3 Å². The zero-order valence-corrected chi connectivity index (χ0v) is 14.0. The van der Waals surface area contributed by atoms with Crippen LogP contribution in [0.3, 0.4) is 0 Å². The van der Waals surface area contributed by atoms with Gasteiger partial charge in [0, 0.05) is 13.1 Å². The second-order valence-electron chi connectivity index (χ2n) is 6.53. The van der Waals surface area contributed by atoms with Gasteiger partial charge < -0.3 is 10.0 Å². The van der Waals surface area contributed by atoms with Gasteiger partial charge in [0.25, 0.3) is 5.91 Å². The Labute approximate surface area is 145 Å². The number of carbonyl (C=O) groups is 2. The second-order valence-corrected chi connectivity index (χ2v) is 6.53. The molecule has 1 fully saturated rings. The van der Waals surface area contributed by atoms with Gasteiger partial charge in [0.15, 0.2) is 0 Å². The molecule has 1 N–H and O–H groups in total. The number of halogens is 1. The number of carboxylic acid groups (broad SMARTS) is 1. The van der Waals surface area contributed by atoms with Gasteiger partial charge in [0.05, 0.1) is 11.0 Å². The summed E-state index contributed by atoms with van der Waals surface area (Å²) in [5.41, 5.74) is 0.605. The number of hydrogen-bond donors (Lipinski definition) is 1. The number of rotatable bonds is 3.